The molecular weight excluding hydrogens is 489 g/mol. The monoisotopic (exact) mass is 514 g/mol. The van der Waals surface area contributed by atoms with Gasteiger partial charge >= 0.3 is 6.18 Å². The maximum atomic E-state index is 13.3. The molecule has 0 bridgehead atoms. The lowest BCUT2D eigenvalue weighted by Crippen LogP contribution is -2.47. The second-order valence-electron chi connectivity index (χ2n) is 9.00. The smallest absolute Gasteiger partial charge is 0.391 e. The Balaban J connectivity index is 1.77. The van der Waals surface area contributed by atoms with E-state index in [2.05, 4.69) is 10.4 Å². The van der Waals surface area contributed by atoms with Gasteiger partial charge < -0.3 is 20.1 Å². The zero-order chi connectivity index (χ0) is 26.0. The summed E-state index contributed by atoms with van der Waals surface area (Å²) in [5, 5.41) is 16.8. The van der Waals surface area contributed by atoms with Gasteiger partial charge in [0.1, 0.15) is 17.6 Å². The number of carbonyl (C=O) groups is 2. The summed E-state index contributed by atoms with van der Waals surface area (Å²) in [5.41, 5.74) is -1.07. The van der Waals surface area contributed by atoms with Crippen LogP contribution >= 0.6 is 11.6 Å². The summed E-state index contributed by atoms with van der Waals surface area (Å²) >= 11 is 6.08. The maximum absolute atomic E-state index is 13.3. The Kier molecular flexibility index (Phi) is 7.80. The lowest BCUT2D eigenvalue weighted by Gasteiger charge is -2.29. The Hall–Kier alpha value is -3.05. The maximum Gasteiger partial charge on any atom is 0.391 e. The van der Waals surface area contributed by atoms with Crippen molar-refractivity contribution in [3.05, 3.63) is 53.4 Å². The largest absolute Gasteiger partial charge is 0.458 e. The number of para-hydroxylation sites is 1. The third-order valence-electron chi connectivity index (χ3n) is 5.23. The van der Waals surface area contributed by atoms with E-state index in [0.717, 1.165) is 17.9 Å². The summed E-state index contributed by atoms with van der Waals surface area (Å²) < 4.78 is 47.0. The van der Waals surface area contributed by atoms with Gasteiger partial charge in [-0.05, 0) is 32.4 Å². The zero-order valence-electron chi connectivity index (χ0n) is 19.3. The Bertz CT molecular complexity index is 1110. The highest BCUT2D eigenvalue weighted by Crippen LogP contribution is 2.32. The van der Waals surface area contributed by atoms with Crippen molar-refractivity contribution in [2.24, 2.45) is 5.92 Å². The molecule has 2 aromatic rings. The number of rotatable bonds is 9. The van der Waals surface area contributed by atoms with E-state index < -0.39 is 42.0 Å². The summed E-state index contributed by atoms with van der Waals surface area (Å²) in [5.74, 6) is -2.83. The van der Waals surface area contributed by atoms with Crippen molar-refractivity contribution < 1.29 is 32.6 Å². The van der Waals surface area contributed by atoms with Gasteiger partial charge in [0.25, 0.3) is 5.91 Å². The predicted octanol–water partition coefficient (Wildman–Crippen LogP) is 4.01. The third-order valence-corrected chi connectivity index (χ3v) is 5.54. The molecule has 35 heavy (non-hydrogen) atoms. The Morgan fingerprint density at radius 1 is 1.29 bits per heavy atom. The number of halogens is 4. The highest BCUT2D eigenvalue weighted by atomic mass is 35.5. The minimum absolute atomic E-state index is 0.0797. The van der Waals surface area contributed by atoms with E-state index in [1.54, 1.807) is 38.1 Å². The third kappa shape index (κ3) is 7.22. The molecule has 0 radical (unpaired) electrons. The molecule has 0 saturated heterocycles. The first-order chi connectivity index (χ1) is 16.2. The standard InChI is InChI=1S/C23H26ClF3N4O4/c1-14(23(25,26)27)10-17(21(33)28-19-8-9-30(29-19)13-22(2,3)34)31-12-15(11-20(31)32)35-18-7-5-4-6-16(18)24/h4-9,11,14,17,34H,10,12-13H2,1-3H3,(H,28,29,33). The first-order valence-electron chi connectivity index (χ1n) is 10.8. The van der Waals surface area contributed by atoms with E-state index in [-0.39, 0.29) is 30.4 Å². The molecule has 8 nitrogen and oxygen atoms in total. The van der Waals surface area contributed by atoms with Crippen LogP contribution in [0.15, 0.2) is 48.4 Å². The van der Waals surface area contributed by atoms with Crippen LogP contribution in [0.3, 0.4) is 0 Å². The van der Waals surface area contributed by atoms with Gasteiger partial charge in [-0.2, -0.15) is 18.3 Å². The topological polar surface area (TPSA) is 96.7 Å². The number of benzene rings is 1. The molecule has 0 aliphatic carbocycles. The number of hydrogen-bond acceptors (Lipinski definition) is 5. The van der Waals surface area contributed by atoms with Crippen molar-refractivity contribution in [1.82, 2.24) is 14.7 Å². The van der Waals surface area contributed by atoms with Gasteiger partial charge in [0.05, 0.1) is 29.6 Å². The van der Waals surface area contributed by atoms with Gasteiger partial charge in [0.2, 0.25) is 5.91 Å². The number of nitrogens with zero attached hydrogens (tertiary/aromatic N) is 3. The lowest BCUT2D eigenvalue weighted by molar-refractivity contribution is -0.175. The fraction of sp³-hybridized carbons (Fsp3) is 0.435. The molecule has 2 atom stereocenters. The molecule has 1 aromatic heterocycles. The fourth-order valence-corrected chi connectivity index (χ4v) is 3.65. The van der Waals surface area contributed by atoms with Gasteiger partial charge in [-0.15, -0.1) is 0 Å². The van der Waals surface area contributed by atoms with Crippen LogP contribution in [0.25, 0.3) is 0 Å². The van der Waals surface area contributed by atoms with Crippen LogP contribution in [0.5, 0.6) is 5.75 Å². The molecular formula is C23H26ClF3N4O4. The van der Waals surface area contributed by atoms with Crippen molar-refractivity contribution in [2.75, 3.05) is 11.9 Å². The second-order valence-corrected chi connectivity index (χ2v) is 9.41. The van der Waals surface area contributed by atoms with Gasteiger partial charge in [0.15, 0.2) is 5.82 Å². The first-order valence-corrected chi connectivity index (χ1v) is 11.2. The highest BCUT2D eigenvalue weighted by molar-refractivity contribution is 6.32. The molecule has 0 fully saturated rings. The minimum atomic E-state index is -4.56. The molecule has 0 saturated carbocycles. The Morgan fingerprint density at radius 3 is 2.60 bits per heavy atom. The quantitative estimate of drug-likeness (QED) is 0.527. The van der Waals surface area contributed by atoms with Crippen LogP contribution in [0.2, 0.25) is 5.02 Å². The number of aliphatic hydroxyl groups is 1. The van der Waals surface area contributed by atoms with Gasteiger partial charge in [-0.3, -0.25) is 14.3 Å². The number of amides is 2. The van der Waals surface area contributed by atoms with Crippen LogP contribution < -0.4 is 10.1 Å². The van der Waals surface area contributed by atoms with E-state index in [4.69, 9.17) is 16.3 Å². The molecule has 2 heterocycles. The molecule has 3 rings (SSSR count). The summed E-state index contributed by atoms with van der Waals surface area (Å²) in [6.45, 7) is 4.04. The lowest BCUT2D eigenvalue weighted by atomic mass is 9.99. The fourth-order valence-electron chi connectivity index (χ4n) is 3.47. The van der Waals surface area contributed by atoms with Crippen molar-refractivity contribution in [2.45, 2.75) is 51.6 Å². The van der Waals surface area contributed by atoms with Crippen molar-refractivity contribution in [3.63, 3.8) is 0 Å². The van der Waals surface area contributed by atoms with E-state index in [1.165, 1.54) is 16.9 Å². The SMILES string of the molecule is CC(CC(C(=O)Nc1ccn(CC(C)(C)O)n1)N1CC(Oc2ccccc2Cl)=CC1=O)C(F)(F)F. The van der Waals surface area contributed by atoms with Crippen LogP contribution in [0, 0.1) is 5.92 Å². The number of carbonyl (C=O) groups excluding carboxylic acids is 2. The molecule has 1 aromatic carbocycles. The van der Waals surface area contributed by atoms with Crippen LogP contribution in [0.1, 0.15) is 27.2 Å². The summed E-state index contributed by atoms with van der Waals surface area (Å²) in [4.78, 5) is 26.8. The summed E-state index contributed by atoms with van der Waals surface area (Å²) in [6.07, 6.45) is -2.57. The molecule has 0 spiro atoms. The Labute approximate surface area is 205 Å². The van der Waals surface area contributed by atoms with Crippen LogP contribution in [0.4, 0.5) is 19.0 Å². The van der Waals surface area contributed by atoms with Gasteiger partial charge in [-0.25, -0.2) is 0 Å². The van der Waals surface area contributed by atoms with E-state index >= 15 is 0 Å². The molecule has 2 unspecified atom stereocenters. The number of ether oxygens (including phenoxy) is 1. The summed E-state index contributed by atoms with van der Waals surface area (Å²) in [6, 6.07) is 6.54. The van der Waals surface area contributed by atoms with Crippen molar-refractivity contribution >= 4 is 29.2 Å². The molecule has 1 aliphatic rings. The molecule has 12 heteroatoms. The van der Waals surface area contributed by atoms with Gasteiger partial charge in [-0.1, -0.05) is 30.7 Å². The predicted molar refractivity (Wildman–Crippen MR) is 123 cm³/mol. The molecule has 2 N–H and O–H groups in total. The number of alkyl halides is 3. The number of nitrogens with one attached hydrogen (secondary N) is 1. The molecule has 1 aliphatic heterocycles. The molecule has 190 valence electrons. The van der Waals surface area contributed by atoms with Crippen LogP contribution in [-0.4, -0.2) is 56.0 Å². The average molecular weight is 515 g/mol. The molecule has 2 amide bonds. The number of anilines is 1. The Morgan fingerprint density at radius 2 is 1.97 bits per heavy atom. The number of aromatic nitrogens is 2. The summed E-state index contributed by atoms with van der Waals surface area (Å²) in [7, 11) is 0. The second kappa shape index (κ2) is 10.3. The van der Waals surface area contributed by atoms with Crippen molar-refractivity contribution in [3.8, 4) is 5.75 Å². The van der Waals surface area contributed by atoms with Gasteiger partial charge in [0, 0.05) is 18.3 Å². The van der Waals surface area contributed by atoms with E-state index in [9.17, 15) is 27.9 Å². The number of hydrogen-bond donors (Lipinski definition) is 2. The average Bonchev–Trinajstić information content (AvgIpc) is 3.31. The van der Waals surface area contributed by atoms with E-state index in [1.807, 2.05) is 0 Å². The zero-order valence-corrected chi connectivity index (χ0v) is 20.1. The minimum Gasteiger partial charge on any atom is -0.458 e. The van der Waals surface area contributed by atoms with Crippen LogP contribution in [-0.2, 0) is 16.1 Å². The van der Waals surface area contributed by atoms with E-state index in [0.29, 0.717) is 5.02 Å². The first kappa shape index (κ1) is 26.6. The van der Waals surface area contributed by atoms with Crippen molar-refractivity contribution in [1.29, 1.82) is 0 Å². The normalized spacial score (nSPS) is 16.2. The highest BCUT2D eigenvalue weighted by Gasteiger charge is 2.42.